The molecule has 0 saturated carbocycles. The van der Waals surface area contributed by atoms with Crippen LogP contribution in [-0.4, -0.2) is 9.38 Å². The summed E-state index contributed by atoms with van der Waals surface area (Å²) in [4.78, 5) is 4.61. The average Bonchev–Trinajstić information content (AvgIpc) is 2.87. The van der Waals surface area contributed by atoms with Crippen LogP contribution < -0.4 is 0 Å². The van der Waals surface area contributed by atoms with Crippen molar-refractivity contribution in [2.24, 2.45) is 0 Å². The average molecular weight is 261 g/mol. The van der Waals surface area contributed by atoms with Crippen molar-refractivity contribution < 1.29 is 0 Å². The van der Waals surface area contributed by atoms with E-state index in [-0.39, 0.29) is 0 Å². The molecular formula is C17H15N3. The Morgan fingerprint density at radius 3 is 2.55 bits per heavy atom. The van der Waals surface area contributed by atoms with Gasteiger partial charge in [-0.3, -0.25) is 4.40 Å². The SMILES string of the molecule is CCc1ccc(-c2nc3cccc(C)n3c2C#N)cc1. The van der Waals surface area contributed by atoms with Gasteiger partial charge in [-0.25, -0.2) is 4.98 Å². The Kier molecular flexibility index (Phi) is 3.00. The van der Waals surface area contributed by atoms with Crippen molar-refractivity contribution in [2.45, 2.75) is 20.3 Å². The Balaban J connectivity index is 2.25. The fraction of sp³-hybridized carbons (Fsp3) is 0.176. The number of nitrogens with zero attached hydrogens (tertiary/aromatic N) is 3. The van der Waals surface area contributed by atoms with E-state index in [2.05, 4.69) is 30.1 Å². The van der Waals surface area contributed by atoms with Crippen LogP contribution in [0.15, 0.2) is 42.5 Å². The van der Waals surface area contributed by atoms with E-state index in [1.807, 2.05) is 41.7 Å². The Labute approximate surface area is 118 Å². The maximum absolute atomic E-state index is 9.48. The lowest BCUT2D eigenvalue weighted by Crippen LogP contribution is -1.93. The normalized spacial score (nSPS) is 10.7. The highest BCUT2D eigenvalue weighted by Crippen LogP contribution is 2.25. The summed E-state index contributed by atoms with van der Waals surface area (Å²) in [5.41, 5.74) is 5.46. The zero-order chi connectivity index (χ0) is 14.1. The Morgan fingerprint density at radius 2 is 1.90 bits per heavy atom. The molecule has 0 amide bonds. The molecule has 0 unspecified atom stereocenters. The molecule has 20 heavy (non-hydrogen) atoms. The molecule has 0 spiro atoms. The first-order valence-electron chi connectivity index (χ1n) is 6.72. The standard InChI is InChI=1S/C17H15N3/c1-3-13-7-9-14(10-8-13)17-15(11-18)20-12(2)5-4-6-16(20)19-17/h4-10H,3H2,1-2H3. The minimum atomic E-state index is 0.599. The van der Waals surface area contributed by atoms with Crippen molar-refractivity contribution in [2.75, 3.05) is 0 Å². The van der Waals surface area contributed by atoms with Crippen molar-refractivity contribution in [1.29, 1.82) is 5.26 Å². The number of fused-ring (bicyclic) bond motifs is 1. The van der Waals surface area contributed by atoms with Gasteiger partial charge in [-0.1, -0.05) is 37.3 Å². The highest BCUT2D eigenvalue weighted by atomic mass is 15.0. The molecule has 0 fully saturated rings. The number of nitriles is 1. The number of imidazole rings is 1. The van der Waals surface area contributed by atoms with Gasteiger partial charge in [-0.15, -0.1) is 0 Å². The lowest BCUT2D eigenvalue weighted by atomic mass is 10.1. The smallest absolute Gasteiger partial charge is 0.152 e. The predicted octanol–water partition coefficient (Wildman–Crippen LogP) is 3.74. The lowest BCUT2D eigenvalue weighted by Gasteiger charge is -2.01. The first kappa shape index (κ1) is 12.4. The highest BCUT2D eigenvalue weighted by Gasteiger charge is 2.14. The van der Waals surface area contributed by atoms with Gasteiger partial charge in [0, 0.05) is 11.3 Å². The van der Waals surface area contributed by atoms with Gasteiger partial charge in [0.1, 0.15) is 17.4 Å². The minimum Gasteiger partial charge on any atom is -0.288 e. The summed E-state index contributed by atoms with van der Waals surface area (Å²) in [6, 6.07) is 16.4. The van der Waals surface area contributed by atoms with Crippen LogP contribution in [0.1, 0.15) is 23.9 Å². The van der Waals surface area contributed by atoms with Gasteiger partial charge in [0.05, 0.1) is 0 Å². The molecule has 0 aliphatic carbocycles. The third kappa shape index (κ3) is 1.86. The summed E-state index contributed by atoms with van der Waals surface area (Å²) in [6.07, 6.45) is 1.01. The molecule has 0 radical (unpaired) electrons. The van der Waals surface area contributed by atoms with E-state index in [4.69, 9.17) is 0 Å². The van der Waals surface area contributed by atoms with Crippen molar-refractivity contribution >= 4 is 5.65 Å². The first-order chi connectivity index (χ1) is 9.74. The highest BCUT2D eigenvalue weighted by molar-refractivity contribution is 5.70. The fourth-order valence-electron chi connectivity index (χ4n) is 2.46. The maximum atomic E-state index is 9.48. The van der Waals surface area contributed by atoms with Crippen LogP contribution in [-0.2, 0) is 6.42 Å². The fourth-order valence-corrected chi connectivity index (χ4v) is 2.46. The predicted molar refractivity (Wildman–Crippen MR) is 79.5 cm³/mol. The van der Waals surface area contributed by atoms with E-state index in [0.717, 1.165) is 29.0 Å². The Morgan fingerprint density at radius 1 is 1.15 bits per heavy atom. The summed E-state index contributed by atoms with van der Waals surface area (Å²) in [5, 5.41) is 9.48. The molecule has 0 saturated heterocycles. The molecule has 0 bridgehead atoms. The molecule has 3 heteroatoms. The summed E-state index contributed by atoms with van der Waals surface area (Å²) in [5.74, 6) is 0. The molecular weight excluding hydrogens is 246 g/mol. The summed E-state index contributed by atoms with van der Waals surface area (Å²) in [6.45, 7) is 4.11. The number of hydrogen-bond donors (Lipinski definition) is 0. The van der Waals surface area contributed by atoms with Gasteiger partial charge in [0.15, 0.2) is 5.69 Å². The van der Waals surface area contributed by atoms with E-state index < -0.39 is 0 Å². The van der Waals surface area contributed by atoms with Gasteiger partial charge in [0.25, 0.3) is 0 Å². The molecule has 2 heterocycles. The van der Waals surface area contributed by atoms with Crippen molar-refractivity contribution in [3.05, 3.63) is 59.4 Å². The van der Waals surface area contributed by atoms with Crippen LogP contribution in [0.4, 0.5) is 0 Å². The van der Waals surface area contributed by atoms with E-state index in [1.165, 1.54) is 5.56 Å². The third-order valence-electron chi connectivity index (χ3n) is 3.58. The van der Waals surface area contributed by atoms with Crippen molar-refractivity contribution in [3.63, 3.8) is 0 Å². The second-order valence-corrected chi connectivity index (χ2v) is 4.83. The third-order valence-corrected chi connectivity index (χ3v) is 3.58. The van der Waals surface area contributed by atoms with E-state index in [0.29, 0.717) is 5.69 Å². The van der Waals surface area contributed by atoms with Gasteiger partial charge in [-0.05, 0) is 31.0 Å². The number of rotatable bonds is 2. The zero-order valence-electron chi connectivity index (χ0n) is 11.6. The number of pyridine rings is 1. The quantitative estimate of drug-likeness (QED) is 0.705. The summed E-state index contributed by atoms with van der Waals surface area (Å²) >= 11 is 0. The molecule has 1 aromatic carbocycles. The van der Waals surface area contributed by atoms with E-state index in [9.17, 15) is 5.26 Å². The number of hydrogen-bond acceptors (Lipinski definition) is 2. The molecule has 98 valence electrons. The van der Waals surface area contributed by atoms with Gasteiger partial charge in [-0.2, -0.15) is 5.26 Å². The van der Waals surface area contributed by atoms with Crippen LogP contribution in [0.2, 0.25) is 0 Å². The topological polar surface area (TPSA) is 41.1 Å². The Hall–Kier alpha value is -2.60. The first-order valence-corrected chi connectivity index (χ1v) is 6.72. The number of aromatic nitrogens is 2. The van der Waals surface area contributed by atoms with Crippen molar-refractivity contribution in [3.8, 4) is 17.3 Å². The molecule has 0 N–H and O–H groups in total. The lowest BCUT2D eigenvalue weighted by molar-refractivity contribution is 1.07. The molecule has 3 nitrogen and oxygen atoms in total. The van der Waals surface area contributed by atoms with E-state index >= 15 is 0 Å². The van der Waals surface area contributed by atoms with Crippen LogP contribution in [0.25, 0.3) is 16.9 Å². The molecule has 3 aromatic rings. The molecule has 0 aliphatic rings. The molecule has 0 atom stereocenters. The van der Waals surface area contributed by atoms with Crippen LogP contribution in [0.5, 0.6) is 0 Å². The van der Waals surface area contributed by atoms with Crippen LogP contribution >= 0.6 is 0 Å². The molecule has 2 aromatic heterocycles. The van der Waals surface area contributed by atoms with Gasteiger partial charge < -0.3 is 0 Å². The van der Waals surface area contributed by atoms with Crippen LogP contribution in [0, 0.1) is 18.3 Å². The second kappa shape index (κ2) is 4.82. The largest absolute Gasteiger partial charge is 0.288 e. The zero-order valence-corrected chi connectivity index (χ0v) is 11.6. The van der Waals surface area contributed by atoms with Crippen LogP contribution in [0.3, 0.4) is 0 Å². The van der Waals surface area contributed by atoms with Gasteiger partial charge in [0.2, 0.25) is 0 Å². The second-order valence-electron chi connectivity index (χ2n) is 4.83. The summed E-state index contributed by atoms with van der Waals surface area (Å²) in [7, 11) is 0. The van der Waals surface area contributed by atoms with E-state index in [1.54, 1.807) is 0 Å². The Bertz CT molecular complexity index is 805. The maximum Gasteiger partial charge on any atom is 0.152 e. The van der Waals surface area contributed by atoms with Gasteiger partial charge >= 0.3 is 0 Å². The molecule has 0 aliphatic heterocycles. The molecule has 3 rings (SSSR count). The van der Waals surface area contributed by atoms with Crippen molar-refractivity contribution in [1.82, 2.24) is 9.38 Å². The monoisotopic (exact) mass is 261 g/mol. The minimum absolute atomic E-state index is 0.599. The summed E-state index contributed by atoms with van der Waals surface area (Å²) < 4.78 is 1.91. The number of aryl methyl sites for hydroxylation is 2. The number of benzene rings is 1.